The molecule has 1 aromatic heterocycles. The molecule has 0 spiro atoms. The minimum Gasteiger partial charge on any atom is -0.450 e. The lowest BCUT2D eigenvalue weighted by Gasteiger charge is -2.37. The van der Waals surface area contributed by atoms with E-state index in [2.05, 4.69) is 12.1 Å². The molecule has 0 N–H and O–H groups in total. The fraction of sp³-hybridized carbons (Fsp3) is 0.500. The fourth-order valence-corrected chi connectivity index (χ4v) is 4.36. The van der Waals surface area contributed by atoms with Crippen molar-refractivity contribution in [1.82, 2.24) is 14.5 Å². The minimum atomic E-state index is -0.339. The van der Waals surface area contributed by atoms with Crippen LogP contribution in [0.1, 0.15) is 54.9 Å². The number of carbonyl (C=O) groups excluding carboxylic acids is 1. The summed E-state index contributed by atoms with van der Waals surface area (Å²) < 4.78 is 7.01. The van der Waals surface area contributed by atoms with E-state index in [0.717, 1.165) is 24.2 Å². The molecule has 2 heterocycles. The molecule has 1 atom stereocenters. The topological polar surface area (TPSA) is 64.4 Å². The summed E-state index contributed by atoms with van der Waals surface area (Å²) in [7, 11) is 0. The van der Waals surface area contributed by atoms with Crippen LogP contribution in [0.15, 0.2) is 35.1 Å². The van der Waals surface area contributed by atoms with Gasteiger partial charge in [-0.3, -0.25) is 9.36 Å². The van der Waals surface area contributed by atoms with Gasteiger partial charge in [0.1, 0.15) is 5.82 Å². The maximum atomic E-state index is 13.5. The second-order valence-electron chi connectivity index (χ2n) is 7.68. The lowest BCUT2D eigenvalue weighted by molar-refractivity contribution is 0.101. The van der Waals surface area contributed by atoms with Crippen LogP contribution in [-0.2, 0) is 17.7 Å². The minimum absolute atomic E-state index is 0.0309. The molecule has 1 aromatic carbocycles. The van der Waals surface area contributed by atoms with E-state index >= 15 is 0 Å². The van der Waals surface area contributed by atoms with Crippen LogP contribution >= 0.6 is 0 Å². The average molecular weight is 381 g/mol. The Kier molecular flexibility index (Phi) is 5.20. The van der Waals surface area contributed by atoms with Crippen LogP contribution in [0.2, 0.25) is 0 Å². The zero-order chi connectivity index (χ0) is 19.7. The number of nitrogens with zero attached hydrogens (tertiary/aromatic N) is 3. The van der Waals surface area contributed by atoms with Crippen LogP contribution in [0.25, 0.3) is 0 Å². The van der Waals surface area contributed by atoms with Crippen molar-refractivity contribution in [1.29, 1.82) is 0 Å². The van der Waals surface area contributed by atoms with Crippen molar-refractivity contribution in [3.8, 4) is 0 Å². The van der Waals surface area contributed by atoms with E-state index in [1.54, 1.807) is 11.8 Å². The molecular weight excluding hydrogens is 354 g/mol. The number of ether oxygens (including phenoxy) is 1. The molecule has 0 saturated heterocycles. The zero-order valence-corrected chi connectivity index (χ0v) is 16.6. The van der Waals surface area contributed by atoms with Crippen LogP contribution in [0.4, 0.5) is 4.79 Å². The van der Waals surface area contributed by atoms with Gasteiger partial charge in [0.05, 0.1) is 24.9 Å². The average Bonchev–Trinajstić information content (AvgIpc) is 2.66. The van der Waals surface area contributed by atoms with Crippen molar-refractivity contribution in [2.75, 3.05) is 13.2 Å². The predicted octanol–water partition coefficient (Wildman–Crippen LogP) is 3.46. The summed E-state index contributed by atoms with van der Waals surface area (Å²) >= 11 is 0. The fourth-order valence-electron chi connectivity index (χ4n) is 4.36. The van der Waals surface area contributed by atoms with Gasteiger partial charge in [-0.15, -0.1) is 0 Å². The summed E-state index contributed by atoms with van der Waals surface area (Å²) in [4.78, 5) is 31.9. The number of fused-ring (bicyclic) bond motifs is 1. The van der Waals surface area contributed by atoms with Crippen molar-refractivity contribution in [2.45, 2.75) is 52.1 Å². The summed E-state index contributed by atoms with van der Waals surface area (Å²) in [6.45, 7) is 4.87. The molecule has 1 aliphatic heterocycles. The number of hydrogen-bond donors (Lipinski definition) is 0. The SMILES string of the molecule is CCOC(=O)N1CCc2c(nc(C)n(C(c3ccccc3)C3CCC3)c2=O)C1. The molecule has 1 amide bonds. The van der Waals surface area contributed by atoms with Crippen molar-refractivity contribution >= 4 is 6.09 Å². The van der Waals surface area contributed by atoms with Gasteiger partial charge in [0.2, 0.25) is 0 Å². The second kappa shape index (κ2) is 7.78. The summed E-state index contributed by atoms with van der Waals surface area (Å²) in [5.74, 6) is 1.19. The van der Waals surface area contributed by atoms with Gasteiger partial charge in [-0.05, 0) is 44.6 Å². The molecule has 1 aliphatic carbocycles. The lowest BCUT2D eigenvalue weighted by Crippen LogP contribution is -2.43. The summed E-state index contributed by atoms with van der Waals surface area (Å²) in [6, 6.07) is 10.3. The van der Waals surface area contributed by atoms with Crippen molar-refractivity contribution in [3.05, 3.63) is 63.3 Å². The molecule has 1 unspecified atom stereocenters. The molecular formula is C22H27N3O3. The van der Waals surface area contributed by atoms with Gasteiger partial charge in [-0.25, -0.2) is 9.78 Å². The Morgan fingerprint density at radius 3 is 2.68 bits per heavy atom. The largest absolute Gasteiger partial charge is 0.450 e. The van der Waals surface area contributed by atoms with Crippen LogP contribution in [-0.4, -0.2) is 33.7 Å². The normalized spacial score (nSPS) is 17.6. The van der Waals surface area contributed by atoms with E-state index in [9.17, 15) is 9.59 Å². The highest BCUT2D eigenvalue weighted by Gasteiger charge is 2.34. The van der Waals surface area contributed by atoms with Gasteiger partial charge in [0.25, 0.3) is 5.56 Å². The van der Waals surface area contributed by atoms with Crippen molar-refractivity contribution < 1.29 is 9.53 Å². The Bertz CT molecular complexity index is 919. The molecule has 1 fully saturated rings. The Labute approximate surface area is 165 Å². The summed E-state index contributed by atoms with van der Waals surface area (Å²) in [6.07, 6.45) is 3.67. The number of rotatable bonds is 4. The molecule has 2 aromatic rings. The number of aryl methyl sites for hydroxylation is 1. The molecule has 6 nitrogen and oxygen atoms in total. The van der Waals surface area contributed by atoms with Crippen LogP contribution in [0.5, 0.6) is 0 Å². The highest BCUT2D eigenvalue weighted by Crippen LogP contribution is 2.40. The van der Waals surface area contributed by atoms with Crippen LogP contribution in [0, 0.1) is 12.8 Å². The Morgan fingerprint density at radius 2 is 2.04 bits per heavy atom. The van der Waals surface area contributed by atoms with E-state index in [1.807, 2.05) is 29.7 Å². The molecule has 0 bridgehead atoms. The first-order chi connectivity index (χ1) is 13.6. The van der Waals surface area contributed by atoms with Gasteiger partial charge < -0.3 is 9.64 Å². The number of hydrogen-bond acceptors (Lipinski definition) is 4. The summed E-state index contributed by atoms with van der Waals surface area (Å²) in [5.41, 5.74) is 2.67. The number of benzene rings is 1. The van der Waals surface area contributed by atoms with E-state index in [4.69, 9.17) is 9.72 Å². The number of aromatic nitrogens is 2. The first-order valence-corrected chi connectivity index (χ1v) is 10.2. The van der Waals surface area contributed by atoms with Crippen LogP contribution in [0.3, 0.4) is 0 Å². The zero-order valence-electron chi connectivity index (χ0n) is 16.6. The molecule has 6 heteroatoms. The smallest absolute Gasteiger partial charge is 0.410 e. The van der Waals surface area contributed by atoms with Gasteiger partial charge in [-0.2, -0.15) is 0 Å². The molecule has 148 valence electrons. The Hall–Kier alpha value is -2.63. The number of amides is 1. The van der Waals surface area contributed by atoms with Gasteiger partial charge in [0.15, 0.2) is 0 Å². The van der Waals surface area contributed by atoms with E-state index < -0.39 is 0 Å². The highest BCUT2D eigenvalue weighted by atomic mass is 16.6. The molecule has 1 saturated carbocycles. The summed E-state index contributed by atoms with van der Waals surface area (Å²) in [5, 5.41) is 0. The highest BCUT2D eigenvalue weighted by molar-refractivity contribution is 5.68. The number of carbonyl (C=O) groups is 1. The Morgan fingerprint density at radius 1 is 1.29 bits per heavy atom. The van der Waals surface area contributed by atoms with Crippen molar-refractivity contribution in [2.24, 2.45) is 5.92 Å². The maximum Gasteiger partial charge on any atom is 0.410 e. The molecule has 2 aliphatic rings. The maximum absolute atomic E-state index is 13.5. The standard InChI is InChI=1S/C22H27N3O3/c1-3-28-22(27)24-13-12-18-19(14-24)23-15(2)25(21(18)26)20(17-10-7-11-17)16-8-5-4-6-9-16/h4-6,8-9,17,20H,3,7,10-14H2,1-2H3. The quantitative estimate of drug-likeness (QED) is 0.814. The van der Waals surface area contributed by atoms with Gasteiger partial charge in [0, 0.05) is 12.1 Å². The molecule has 0 radical (unpaired) electrons. The molecule has 28 heavy (non-hydrogen) atoms. The van der Waals surface area contributed by atoms with E-state index in [1.165, 1.54) is 12.0 Å². The third-order valence-electron chi connectivity index (χ3n) is 5.98. The van der Waals surface area contributed by atoms with E-state index in [-0.39, 0.29) is 17.7 Å². The monoisotopic (exact) mass is 381 g/mol. The van der Waals surface area contributed by atoms with Crippen molar-refractivity contribution in [3.63, 3.8) is 0 Å². The van der Waals surface area contributed by atoms with E-state index in [0.29, 0.717) is 37.7 Å². The third-order valence-corrected chi connectivity index (χ3v) is 5.98. The predicted molar refractivity (Wildman–Crippen MR) is 106 cm³/mol. The van der Waals surface area contributed by atoms with Gasteiger partial charge >= 0.3 is 6.09 Å². The lowest BCUT2D eigenvalue weighted by atomic mass is 9.77. The Balaban J connectivity index is 1.73. The first-order valence-electron chi connectivity index (χ1n) is 10.2. The second-order valence-corrected chi connectivity index (χ2v) is 7.68. The first kappa shape index (κ1) is 18.7. The third kappa shape index (κ3) is 3.32. The van der Waals surface area contributed by atoms with Crippen LogP contribution < -0.4 is 5.56 Å². The molecule has 4 rings (SSSR count). The van der Waals surface area contributed by atoms with Gasteiger partial charge in [-0.1, -0.05) is 36.8 Å².